The fourth-order valence-electron chi connectivity index (χ4n) is 8.49. The van der Waals surface area contributed by atoms with Gasteiger partial charge in [-0.25, -0.2) is 4.79 Å². The van der Waals surface area contributed by atoms with E-state index >= 15 is 0 Å². The highest BCUT2D eigenvalue weighted by Crippen LogP contribution is 2.68. The van der Waals surface area contributed by atoms with E-state index in [1.165, 1.54) is 0 Å². The maximum absolute atomic E-state index is 14.0. The van der Waals surface area contributed by atoms with Crippen molar-refractivity contribution in [1.29, 1.82) is 0 Å². The van der Waals surface area contributed by atoms with Gasteiger partial charge in [0, 0.05) is 23.2 Å². The zero-order valence-electron chi connectivity index (χ0n) is 24.7. The quantitative estimate of drug-likeness (QED) is 0.349. The van der Waals surface area contributed by atoms with E-state index in [-0.39, 0.29) is 55.3 Å². The molecule has 8 atom stereocenters. The first-order chi connectivity index (χ1) is 18.9. The number of aliphatic hydroxyl groups excluding tert-OH is 1. The fraction of sp³-hybridized carbons (Fsp3) is 0.750. The number of allylic oxidation sites excluding steroid dienone is 4. The first-order valence-electron chi connectivity index (χ1n) is 15.1. The van der Waals surface area contributed by atoms with Gasteiger partial charge in [0.15, 0.2) is 18.0 Å². The van der Waals surface area contributed by atoms with Crippen molar-refractivity contribution >= 4 is 23.7 Å². The third-order valence-corrected chi connectivity index (χ3v) is 10.4. The van der Waals surface area contributed by atoms with Gasteiger partial charge in [-0.15, -0.1) is 0 Å². The highest BCUT2D eigenvalue weighted by atomic mass is 16.7. The summed E-state index contributed by atoms with van der Waals surface area (Å²) in [6.45, 7) is 9.65. The first kappa shape index (κ1) is 30.5. The largest absolute Gasteiger partial charge is 0.509 e. The van der Waals surface area contributed by atoms with Gasteiger partial charge >= 0.3 is 12.1 Å². The van der Waals surface area contributed by atoms with Gasteiger partial charge in [0.25, 0.3) is 0 Å². The van der Waals surface area contributed by atoms with Crippen LogP contribution in [0.1, 0.15) is 92.4 Å². The van der Waals surface area contributed by atoms with Gasteiger partial charge in [-0.3, -0.25) is 14.4 Å². The van der Waals surface area contributed by atoms with Crippen molar-refractivity contribution in [2.45, 2.75) is 104 Å². The van der Waals surface area contributed by atoms with Gasteiger partial charge in [-0.05, 0) is 74.9 Å². The summed E-state index contributed by atoms with van der Waals surface area (Å²) in [5, 5.41) is 11.7. The predicted molar refractivity (Wildman–Crippen MR) is 148 cm³/mol. The highest BCUT2D eigenvalue weighted by Gasteiger charge is 2.70. The highest BCUT2D eigenvalue weighted by molar-refractivity contribution is 6.01. The minimum Gasteiger partial charge on any atom is -0.457 e. The summed E-state index contributed by atoms with van der Waals surface area (Å²) in [5.74, 6) is -0.860. The van der Waals surface area contributed by atoms with Crippen molar-refractivity contribution in [1.82, 2.24) is 0 Å². The summed E-state index contributed by atoms with van der Waals surface area (Å²) in [6.07, 6.45) is 8.90. The molecule has 0 spiro atoms. The summed E-state index contributed by atoms with van der Waals surface area (Å²) < 4.78 is 16.8. The number of hydrogen-bond donors (Lipinski definition) is 1. The molecule has 0 heterocycles. The maximum atomic E-state index is 14.0. The van der Waals surface area contributed by atoms with E-state index in [1.54, 1.807) is 12.2 Å². The standard InChI is InChI=1S/C32H46O8/c1-6-8-20(3)18-39-29(37)40-32(26(35)19-38-27(36)9-7-2)15-13-24-23-11-10-21-16-22(33)12-14-30(21,4)28(23)25(34)17-31(24,32)5/h12,14,16,20,23-25,28,34H,6-11,13,15,17-19H2,1-5H3/t20?,23-,24-,25?,28+,30-,31-,32-/m0/s1. The van der Waals surface area contributed by atoms with Crippen molar-refractivity contribution in [2.24, 2.45) is 34.5 Å². The average molecular weight is 559 g/mol. The zero-order valence-corrected chi connectivity index (χ0v) is 24.7. The van der Waals surface area contributed by atoms with Crippen LogP contribution in [0.4, 0.5) is 4.79 Å². The Bertz CT molecular complexity index is 1080. The van der Waals surface area contributed by atoms with Gasteiger partial charge in [0.1, 0.15) is 0 Å². The molecule has 40 heavy (non-hydrogen) atoms. The number of carbonyl (C=O) groups is 4. The summed E-state index contributed by atoms with van der Waals surface area (Å²) >= 11 is 0. The molecule has 2 unspecified atom stereocenters. The molecule has 0 aromatic rings. The fourth-order valence-corrected chi connectivity index (χ4v) is 8.49. The van der Waals surface area contributed by atoms with E-state index in [2.05, 4.69) is 13.8 Å². The molecule has 1 N–H and O–H groups in total. The predicted octanol–water partition coefficient (Wildman–Crippen LogP) is 5.51. The molecular weight excluding hydrogens is 512 g/mol. The summed E-state index contributed by atoms with van der Waals surface area (Å²) in [4.78, 5) is 51.3. The number of aliphatic hydroxyl groups is 1. The third kappa shape index (κ3) is 5.28. The molecule has 8 nitrogen and oxygen atoms in total. The molecule has 0 saturated heterocycles. The molecule has 4 aliphatic rings. The zero-order chi connectivity index (χ0) is 29.3. The second-order valence-corrected chi connectivity index (χ2v) is 13.0. The van der Waals surface area contributed by atoms with E-state index in [0.29, 0.717) is 12.8 Å². The Balaban J connectivity index is 1.64. The third-order valence-electron chi connectivity index (χ3n) is 10.4. The number of ether oxygens (including phenoxy) is 3. The van der Waals surface area contributed by atoms with Crippen LogP contribution in [0.15, 0.2) is 23.8 Å². The molecule has 0 radical (unpaired) electrons. The lowest BCUT2D eigenvalue weighted by Crippen LogP contribution is -2.63. The molecule has 3 saturated carbocycles. The van der Waals surface area contributed by atoms with Gasteiger partial charge in [0.05, 0.1) is 12.7 Å². The van der Waals surface area contributed by atoms with Crippen LogP contribution < -0.4 is 0 Å². The van der Waals surface area contributed by atoms with Gasteiger partial charge < -0.3 is 19.3 Å². The first-order valence-corrected chi connectivity index (χ1v) is 15.1. The number of carbonyl (C=O) groups excluding carboxylic acids is 4. The molecule has 0 aliphatic heterocycles. The molecule has 4 aliphatic carbocycles. The lowest BCUT2D eigenvalue weighted by Gasteiger charge is -2.59. The van der Waals surface area contributed by atoms with Crippen molar-refractivity contribution in [3.8, 4) is 0 Å². The number of Topliss-reactive ketones (excluding diaryl/α,β-unsaturated/α-hetero) is 1. The molecule has 4 rings (SSSR count). The second-order valence-electron chi connectivity index (χ2n) is 13.0. The Morgan fingerprint density at radius 3 is 2.58 bits per heavy atom. The molecule has 0 aromatic carbocycles. The van der Waals surface area contributed by atoms with Crippen LogP contribution in [-0.4, -0.2) is 53.7 Å². The van der Waals surface area contributed by atoms with Crippen LogP contribution in [0.2, 0.25) is 0 Å². The molecule has 222 valence electrons. The van der Waals surface area contributed by atoms with Gasteiger partial charge in [0.2, 0.25) is 5.78 Å². The monoisotopic (exact) mass is 558 g/mol. The molecule has 0 amide bonds. The van der Waals surface area contributed by atoms with Crippen molar-refractivity contribution in [3.63, 3.8) is 0 Å². The summed E-state index contributed by atoms with van der Waals surface area (Å²) in [7, 11) is 0. The summed E-state index contributed by atoms with van der Waals surface area (Å²) in [5.41, 5.74) is -1.84. The van der Waals surface area contributed by atoms with E-state index in [1.807, 2.05) is 26.8 Å². The van der Waals surface area contributed by atoms with Crippen molar-refractivity contribution in [3.05, 3.63) is 23.8 Å². The Morgan fingerprint density at radius 2 is 1.88 bits per heavy atom. The molecule has 0 bridgehead atoms. The number of hydrogen-bond acceptors (Lipinski definition) is 8. The lowest BCUT2D eigenvalue weighted by molar-refractivity contribution is -0.186. The average Bonchev–Trinajstić information content (AvgIpc) is 3.18. The summed E-state index contributed by atoms with van der Waals surface area (Å²) in [6, 6.07) is 0. The minimum atomic E-state index is -1.57. The maximum Gasteiger partial charge on any atom is 0.509 e. The number of esters is 1. The van der Waals surface area contributed by atoms with E-state index < -0.39 is 47.0 Å². The SMILES string of the molecule is CCCC(=O)OCC(=O)[C@@]1(OC(=O)OCC(C)CCC)CC[C@H]2[C@@H]3CCC4=CC(=O)C=C[C@]4(C)[C@H]3C(O)C[C@@]21C. The van der Waals surface area contributed by atoms with Crippen LogP contribution in [0, 0.1) is 34.5 Å². The Morgan fingerprint density at radius 1 is 1.12 bits per heavy atom. The van der Waals surface area contributed by atoms with Crippen LogP contribution in [0.3, 0.4) is 0 Å². The normalized spacial score (nSPS) is 37.0. The van der Waals surface area contributed by atoms with Crippen LogP contribution in [0.5, 0.6) is 0 Å². The Kier molecular flexibility index (Phi) is 8.98. The second kappa shape index (κ2) is 11.8. The Labute approximate surface area is 237 Å². The smallest absolute Gasteiger partial charge is 0.457 e. The molecular formula is C32H46O8. The topological polar surface area (TPSA) is 116 Å². The number of rotatable bonds is 10. The number of ketones is 2. The van der Waals surface area contributed by atoms with E-state index in [4.69, 9.17) is 14.2 Å². The van der Waals surface area contributed by atoms with Gasteiger partial charge in [-0.2, -0.15) is 0 Å². The number of fused-ring (bicyclic) bond motifs is 5. The van der Waals surface area contributed by atoms with Crippen LogP contribution in [0.25, 0.3) is 0 Å². The van der Waals surface area contributed by atoms with Crippen LogP contribution >= 0.6 is 0 Å². The van der Waals surface area contributed by atoms with E-state index in [0.717, 1.165) is 31.3 Å². The molecule has 3 fully saturated rings. The lowest BCUT2D eigenvalue weighted by atomic mass is 9.46. The van der Waals surface area contributed by atoms with Crippen LogP contribution in [-0.2, 0) is 28.6 Å². The van der Waals surface area contributed by atoms with Crippen molar-refractivity contribution < 1.29 is 38.5 Å². The van der Waals surface area contributed by atoms with Gasteiger partial charge in [-0.1, -0.05) is 52.7 Å². The minimum absolute atomic E-state index is 0.00703. The molecule has 0 aromatic heterocycles. The molecule has 8 heteroatoms. The van der Waals surface area contributed by atoms with E-state index in [9.17, 15) is 24.3 Å². The Hall–Kier alpha value is -2.48. The van der Waals surface area contributed by atoms with Crippen molar-refractivity contribution in [2.75, 3.05) is 13.2 Å².